The van der Waals surface area contributed by atoms with Crippen molar-refractivity contribution in [2.45, 2.75) is 12.5 Å². The van der Waals surface area contributed by atoms with Crippen LogP contribution in [-0.4, -0.2) is 27.9 Å². The van der Waals surface area contributed by atoms with Crippen molar-refractivity contribution in [2.24, 2.45) is 0 Å². The highest BCUT2D eigenvalue weighted by Gasteiger charge is 2.25. The van der Waals surface area contributed by atoms with E-state index < -0.39 is 0 Å². The van der Waals surface area contributed by atoms with Crippen molar-refractivity contribution in [1.29, 1.82) is 0 Å². The molecule has 23 heavy (non-hydrogen) atoms. The van der Waals surface area contributed by atoms with Crippen molar-refractivity contribution in [2.75, 3.05) is 27.9 Å². The van der Waals surface area contributed by atoms with Gasteiger partial charge >= 0.3 is 0 Å². The normalized spacial score (nSPS) is 16.6. The van der Waals surface area contributed by atoms with E-state index in [1.807, 2.05) is 12.1 Å². The molecule has 1 aliphatic heterocycles. The molecule has 3 rings (SSSR count). The Morgan fingerprint density at radius 3 is 2.43 bits per heavy atom. The molecule has 0 fully saturated rings. The number of fused-ring (bicyclic) bond motifs is 1. The number of hydrogen-bond acceptors (Lipinski definition) is 4. The molecule has 0 bridgehead atoms. The largest absolute Gasteiger partial charge is 0.497 e. The Bertz CT molecular complexity index is 718. The number of hydrogen-bond donors (Lipinski definition) is 1. The SMILES string of the molecule is COc1ccc2c(c1)CCNC2c1cc(Br)c(OC)cc1OC. The van der Waals surface area contributed by atoms with E-state index in [-0.39, 0.29) is 6.04 Å². The summed E-state index contributed by atoms with van der Waals surface area (Å²) in [6.07, 6.45) is 0.989. The minimum atomic E-state index is 0.0850. The van der Waals surface area contributed by atoms with Gasteiger partial charge in [-0.15, -0.1) is 0 Å². The Hall–Kier alpha value is -1.72. The molecule has 5 heteroatoms. The molecule has 1 unspecified atom stereocenters. The third-order valence-corrected chi connectivity index (χ3v) is 4.84. The highest BCUT2D eigenvalue weighted by molar-refractivity contribution is 9.10. The van der Waals surface area contributed by atoms with Gasteiger partial charge < -0.3 is 19.5 Å². The van der Waals surface area contributed by atoms with Crippen LogP contribution >= 0.6 is 15.9 Å². The molecule has 122 valence electrons. The Balaban J connectivity index is 2.09. The van der Waals surface area contributed by atoms with E-state index in [9.17, 15) is 0 Å². The van der Waals surface area contributed by atoms with Crippen LogP contribution in [-0.2, 0) is 6.42 Å². The molecule has 0 spiro atoms. The number of ether oxygens (including phenoxy) is 3. The maximum absolute atomic E-state index is 5.59. The summed E-state index contributed by atoms with van der Waals surface area (Å²) in [5, 5.41) is 3.59. The van der Waals surface area contributed by atoms with Gasteiger partial charge in [0.05, 0.1) is 31.8 Å². The predicted molar refractivity (Wildman–Crippen MR) is 93.8 cm³/mol. The molecule has 1 heterocycles. The first kappa shape index (κ1) is 16.1. The van der Waals surface area contributed by atoms with Crippen molar-refractivity contribution in [3.8, 4) is 17.2 Å². The fourth-order valence-corrected chi connectivity index (χ4v) is 3.58. The molecule has 0 amide bonds. The zero-order chi connectivity index (χ0) is 16.4. The zero-order valence-electron chi connectivity index (χ0n) is 13.5. The minimum absolute atomic E-state index is 0.0850. The number of halogens is 1. The van der Waals surface area contributed by atoms with Crippen molar-refractivity contribution in [3.63, 3.8) is 0 Å². The third-order valence-electron chi connectivity index (χ3n) is 4.22. The molecule has 1 N–H and O–H groups in total. The topological polar surface area (TPSA) is 39.7 Å². The maximum Gasteiger partial charge on any atom is 0.136 e. The fourth-order valence-electron chi connectivity index (χ4n) is 3.05. The summed E-state index contributed by atoms with van der Waals surface area (Å²) in [4.78, 5) is 0. The summed E-state index contributed by atoms with van der Waals surface area (Å²) in [5.74, 6) is 2.47. The van der Waals surface area contributed by atoms with E-state index in [2.05, 4.69) is 39.4 Å². The van der Waals surface area contributed by atoms with Crippen LogP contribution in [0.5, 0.6) is 17.2 Å². The number of rotatable bonds is 4. The van der Waals surface area contributed by atoms with E-state index in [0.717, 1.165) is 40.3 Å². The summed E-state index contributed by atoms with van der Waals surface area (Å²) in [5.41, 5.74) is 3.65. The van der Waals surface area contributed by atoms with Crippen molar-refractivity contribution in [3.05, 3.63) is 51.5 Å². The molecule has 4 nitrogen and oxygen atoms in total. The maximum atomic E-state index is 5.59. The second kappa shape index (κ2) is 6.81. The average Bonchev–Trinajstić information content (AvgIpc) is 2.60. The molecule has 2 aromatic carbocycles. The molecule has 1 aliphatic rings. The Morgan fingerprint density at radius 2 is 1.74 bits per heavy atom. The summed E-state index contributed by atoms with van der Waals surface area (Å²) in [7, 11) is 5.04. The first-order valence-electron chi connectivity index (χ1n) is 7.49. The molecule has 1 atom stereocenters. The van der Waals surface area contributed by atoms with Gasteiger partial charge in [0.1, 0.15) is 17.2 Å². The van der Waals surface area contributed by atoms with Crippen molar-refractivity contribution >= 4 is 15.9 Å². The van der Waals surface area contributed by atoms with Crippen LogP contribution in [0.1, 0.15) is 22.7 Å². The van der Waals surface area contributed by atoms with Gasteiger partial charge in [-0.05, 0) is 51.7 Å². The lowest BCUT2D eigenvalue weighted by Crippen LogP contribution is -2.30. The van der Waals surface area contributed by atoms with Crippen LogP contribution < -0.4 is 19.5 Å². The summed E-state index contributed by atoms with van der Waals surface area (Å²) < 4.78 is 17.2. The molecule has 0 aliphatic carbocycles. The Kier molecular flexibility index (Phi) is 4.78. The summed E-state index contributed by atoms with van der Waals surface area (Å²) in [6, 6.07) is 10.3. The van der Waals surface area contributed by atoms with Gasteiger partial charge in [-0.1, -0.05) is 6.07 Å². The van der Waals surface area contributed by atoms with Gasteiger partial charge in [0.25, 0.3) is 0 Å². The summed E-state index contributed by atoms with van der Waals surface area (Å²) in [6.45, 7) is 0.914. The van der Waals surface area contributed by atoms with E-state index >= 15 is 0 Å². The summed E-state index contributed by atoms with van der Waals surface area (Å²) >= 11 is 3.57. The molecular weight excluding hydrogens is 358 g/mol. The van der Waals surface area contributed by atoms with Crippen molar-refractivity contribution < 1.29 is 14.2 Å². The molecule has 0 saturated heterocycles. The number of nitrogens with one attached hydrogen (secondary N) is 1. The number of methoxy groups -OCH3 is 3. The second-order valence-corrected chi connectivity index (χ2v) is 6.28. The quantitative estimate of drug-likeness (QED) is 0.881. The van der Waals surface area contributed by atoms with Gasteiger partial charge in [0.15, 0.2) is 0 Å². The van der Waals surface area contributed by atoms with Gasteiger partial charge in [-0.2, -0.15) is 0 Å². The van der Waals surface area contributed by atoms with Gasteiger partial charge in [0.2, 0.25) is 0 Å². The van der Waals surface area contributed by atoms with Gasteiger partial charge in [-0.3, -0.25) is 0 Å². The zero-order valence-corrected chi connectivity index (χ0v) is 15.1. The molecule has 2 aromatic rings. The van der Waals surface area contributed by atoms with Crippen LogP contribution in [0.4, 0.5) is 0 Å². The minimum Gasteiger partial charge on any atom is -0.497 e. The lowest BCUT2D eigenvalue weighted by Gasteiger charge is -2.29. The predicted octanol–water partition coefficient (Wildman–Crippen LogP) is 3.71. The third kappa shape index (κ3) is 3.03. The lowest BCUT2D eigenvalue weighted by molar-refractivity contribution is 0.384. The Morgan fingerprint density at radius 1 is 0.957 bits per heavy atom. The van der Waals surface area contributed by atoms with Crippen molar-refractivity contribution in [1.82, 2.24) is 5.32 Å². The highest BCUT2D eigenvalue weighted by Crippen LogP contribution is 2.40. The van der Waals surface area contributed by atoms with E-state index in [0.29, 0.717) is 0 Å². The molecule has 0 aromatic heterocycles. The van der Waals surface area contributed by atoms with Crippen LogP contribution in [0.15, 0.2) is 34.8 Å². The van der Waals surface area contributed by atoms with Crippen LogP contribution in [0.3, 0.4) is 0 Å². The standard InChI is InChI=1S/C18H20BrNO3/c1-21-12-4-5-13-11(8-12)6-7-20-18(13)14-9-15(19)17(23-3)10-16(14)22-2/h4-5,8-10,18,20H,6-7H2,1-3H3. The average molecular weight is 378 g/mol. The van der Waals surface area contributed by atoms with E-state index in [1.54, 1.807) is 21.3 Å². The first-order valence-corrected chi connectivity index (χ1v) is 8.28. The van der Waals surface area contributed by atoms with E-state index in [1.165, 1.54) is 11.1 Å². The van der Waals surface area contributed by atoms with Gasteiger partial charge in [-0.25, -0.2) is 0 Å². The van der Waals surface area contributed by atoms with Crippen LogP contribution in [0, 0.1) is 0 Å². The monoisotopic (exact) mass is 377 g/mol. The second-order valence-electron chi connectivity index (χ2n) is 5.43. The smallest absolute Gasteiger partial charge is 0.136 e. The molecule has 0 radical (unpaired) electrons. The lowest BCUT2D eigenvalue weighted by atomic mass is 9.89. The molecular formula is C18H20BrNO3. The van der Waals surface area contributed by atoms with Crippen LogP contribution in [0.25, 0.3) is 0 Å². The highest BCUT2D eigenvalue weighted by atomic mass is 79.9. The van der Waals surface area contributed by atoms with Crippen LogP contribution in [0.2, 0.25) is 0 Å². The fraction of sp³-hybridized carbons (Fsp3) is 0.333. The Labute approximate surface area is 144 Å². The number of benzene rings is 2. The first-order chi connectivity index (χ1) is 11.2. The van der Waals surface area contributed by atoms with E-state index in [4.69, 9.17) is 14.2 Å². The van der Waals surface area contributed by atoms with Gasteiger partial charge in [0, 0.05) is 18.2 Å². The molecule has 0 saturated carbocycles.